The second kappa shape index (κ2) is 4.26. The molecule has 0 aromatic rings. The van der Waals surface area contributed by atoms with Gasteiger partial charge in [0.1, 0.15) is 0 Å². The molecule has 0 N–H and O–H groups in total. The smallest absolute Gasteiger partial charge is 0.280 e. The van der Waals surface area contributed by atoms with E-state index in [4.69, 9.17) is 0 Å². The van der Waals surface area contributed by atoms with E-state index in [0.29, 0.717) is 6.42 Å². The number of rotatable bonds is 3. The molecule has 0 spiro atoms. The lowest BCUT2D eigenvalue weighted by molar-refractivity contribution is -0.264. The molecule has 0 saturated heterocycles. The summed E-state index contributed by atoms with van der Waals surface area (Å²) in [5.41, 5.74) is 0. The first-order chi connectivity index (χ1) is 5.73. The van der Waals surface area contributed by atoms with E-state index in [1.165, 1.54) is 0 Å². The molecular weight excluding hydrogens is 215 g/mol. The van der Waals surface area contributed by atoms with Gasteiger partial charge in [-0.2, -0.15) is 22.0 Å². The van der Waals surface area contributed by atoms with E-state index in [1.807, 2.05) is 0 Å². The van der Waals surface area contributed by atoms with Crippen LogP contribution in [-0.2, 0) is 4.79 Å². The van der Waals surface area contributed by atoms with Crippen LogP contribution in [0.3, 0.4) is 0 Å². The monoisotopic (exact) mass is 222 g/mol. The van der Waals surface area contributed by atoms with Gasteiger partial charge >= 0.3 is 12.1 Å². The molecule has 0 fully saturated rings. The highest BCUT2D eigenvalue weighted by Gasteiger charge is 2.63. The summed E-state index contributed by atoms with van der Waals surface area (Å²) in [5, 5.41) is -2.14. The summed E-state index contributed by atoms with van der Waals surface area (Å²) in [7, 11) is 0. The summed E-state index contributed by atoms with van der Waals surface area (Å²) in [6.45, 7) is 1.58. The molecule has 0 amide bonds. The maximum Gasteiger partial charge on any atom is 0.462 e. The van der Waals surface area contributed by atoms with Crippen molar-refractivity contribution in [1.82, 2.24) is 0 Å². The average Bonchev–Trinajstić information content (AvgIpc) is 1.97. The molecule has 0 unspecified atom stereocenters. The molecule has 13 heavy (non-hydrogen) atoms. The highest BCUT2D eigenvalue weighted by molar-refractivity contribution is 8.13. The molecule has 0 saturated carbocycles. The molecule has 0 atom stereocenters. The third-order valence-electron chi connectivity index (χ3n) is 1.05. The predicted octanol–water partition coefficient (Wildman–Crippen LogP) is 2.85. The molecule has 78 valence electrons. The third-order valence-corrected chi connectivity index (χ3v) is 2.18. The van der Waals surface area contributed by atoms with E-state index in [1.54, 1.807) is 6.92 Å². The van der Waals surface area contributed by atoms with Gasteiger partial charge in [-0.25, -0.2) is 0 Å². The van der Waals surface area contributed by atoms with Crippen LogP contribution in [0.15, 0.2) is 0 Å². The minimum absolute atomic E-state index is 0.00132. The Hall–Kier alpha value is -0.330. The zero-order valence-corrected chi connectivity index (χ0v) is 7.44. The second-order valence-electron chi connectivity index (χ2n) is 2.21. The van der Waals surface area contributed by atoms with E-state index in [9.17, 15) is 26.7 Å². The minimum Gasteiger partial charge on any atom is -0.280 e. The van der Waals surface area contributed by atoms with Crippen molar-refractivity contribution in [2.45, 2.75) is 25.4 Å². The lowest BCUT2D eigenvalue weighted by atomic mass is 10.4. The molecule has 0 aromatic carbocycles. The number of hydrogen-bond acceptors (Lipinski definition) is 2. The van der Waals surface area contributed by atoms with Crippen LogP contribution in [0.5, 0.6) is 0 Å². The second-order valence-corrected chi connectivity index (χ2v) is 3.28. The Balaban J connectivity index is 4.37. The molecule has 0 rings (SSSR count). The number of carbonyl (C=O) groups excluding carboxylic acids is 1. The lowest BCUT2D eigenvalue weighted by Gasteiger charge is -2.16. The fraction of sp³-hybridized carbons (Fsp3) is 0.833. The number of carbonyl (C=O) groups is 1. The Morgan fingerprint density at radius 1 is 1.23 bits per heavy atom. The minimum atomic E-state index is -5.79. The quantitative estimate of drug-likeness (QED) is 0.683. The summed E-state index contributed by atoms with van der Waals surface area (Å²) in [5.74, 6) is -5.27. The number of alkyl halides is 5. The molecule has 7 heteroatoms. The molecule has 0 heterocycles. The SMILES string of the molecule is CCCSC(=O)C(F)(F)C(F)(F)F. The van der Waals surface area contributed by atoms with E-state index in [0.717, 1.165) is 0 Å². The van der Waals surface area contributed by atoms with Crippen LogP contribution in [0, 0.1) is 0 Å². The molecule has 0 aliphatic carbocycles. The van der Waals surface area contributed by atoms with Gasteiger partial charge in [0.15, 0.2) is 0 Å². The summed E-state index contributed by atoms with van der Waals surface area (Å²) in [6.07, 6.45) is -5.42. The third kappa shape index (κ3) is 3.13. The highest BCUT2D eigenvalue weighted by Crippen LogP contribution is 2.38. The van der Waals surface area contributed by atoms with Crippen molar-refractivity contribution in [2.24, 2.45) is 0 Å². The van der Waals surface area contributed by atoms with E-state index >= 15 is 0 Å². The Morgan fingerprint density at radius 2 is 1.69 bits per heavy atom. The van der Waals surface area contributed by atoms with Gasteiger partial charge in [-0.3, -0.25) is 4.79 Å². The Labute approximate surface area is 75.7 Å². The van der Waals surface area contributed by atoms with Crippen molar-refractivity contribution in [2.75, 3.05) is 5.75 Å². The Bertz CT molecular complexity index is 188. The Kier molecular flexibility index (Phi) is 4.15. The van der Waals surface area contributed by atoms with Gasteiger partial charge < -0.3 is 0 Å². The number of thioether (sulfide) groups is 1. The number of halogens is 5. The fourth-order valence-corrected chi connectivity index (χ4v) is 1.09. The summed E-state index contributed by atoms with van der Waals surface area (Å²) in [4.78, 5) is 10.4. The van der Waals surface area contributed by atoms with Crippen LogP contribution < -0.4 is 0 Å². The van der Waals surface area contributed by atoms with Crippen LogP contribution in [0.4, 0.5) is 22.0 Å². The normalized spacial score (nSPS) is 13.1. The Morgan fingerprint density at radius 3 is 2.00 bits per heavy atom. The van der Waals surface area contributed by atoms with Gasteiger partial charge in [0, 0.05) is 5.75 Å². The van der Waals surface area contributed by atoms with Crippen LogP contribution in [0.25, 0.3) is 0 Å². The molecule has 1 nitrogen and oxygen atoms in total. The molecular formula is C6H7F5OS. The molecule has 0 bridgehead atoms. The van der Waals surface area contributed by atoms with Gasteiger partial charge in [-0.05, 0) is 6.42 Å². The van der Waals surface area contributed by atoms with Crippen molar-refractivity contribution in [3.05, 3.63) is 0 Å². The molecule has 0 radical (unpaired) electrons. The van der Waals surface area contributed by atoms with Crippen LogP contribution >= 0.6 is 11.8 Å². The first kappa shape index (κ1) is 12.7. The van der Waals surface area contributed by atoms with Gasteiger partial charge in [0.05, 0.1) is 0 Å². The lowest BCUT2D eigenvalue weighted by Crippen LogP contribution is -2.42. The topological polar surface area (TPSA) is 17.1 Å². The van der Waals surface area contributed by atoms with E-state index < -0.39 is 17.2 Å². The zero-order valence-electron chi connectivity index (χ0n) is 6.62. The maximum absolute atomic E-state index is 12.2. The molecule has 0 aromatic heterocycles. The molecule has 0 aliphatic rings. The van der Waals surface area contributed by atoms with Crippen molar-refractivity contribution in [3.8, 4) is 0 Å². The van der Waals surface area contributed by atoms with Gasteiger partial charge in [0.2, 0.25) is 0 Å². The summed E-state index contributed by atoms with van der Waals surface area (Å²) >= 11 is 0.00132. The zero-order chi connectivity index (χ0) is 10.7. The van der Waals surface area contributed by atoms with Crippen LogP contribution in [-0.4, -0.2) is 23.0 Å². The van der Waals surface area contributed by atoms with Crippen molar-refractivity contribution in [3.63, 3.8) is 0 Å². The van der Waals surface area contributed by atoms with E-state index in [2.05, 4.69) is 0 Å². The fourth-order valence-electron chi connectivity index (χ4n) is 0.401. The average molecular weight is 222 g/mol. The standard InChI is InChI=1S/C6H7F5OS/c1-2-3-13-4(12)5(7,8)6(9,10)11/h2-3H2,1H3. The maximum atomic E-state index is 12.2. The van der Waals surface area contributed by atoms with Gasteiger partial charge in [0.25, 0.3) is 5.12 Å². The van der Waals surface area contributed by atoms with Crippen LogP contribution in [0.2, 0.25) is 0 Å². The van der Waals surface area contributed by atoms with Crippen molar-refractivity contribution >= 4 is 16.9 Å². The predicted molar refractivity (Wildman–Crippen MR) is 38.8 cm³/mol. The van der Waals surface area contributed by atoms with Crippen molar-refractivity contribution in [1.29, 1.82) is 0 Å². The molecule has 0 aliphatic heterocycles. The first-order valence-electron chi connectivity index (χ1n) is 3.35. The van der Waals surface area contributed by atoms with E-state index in [-0.39, 0.29) is 17.5 Å². The van der Waals surface area contributed by atoms with Gasteiger partial charge in [-0.15, -0.1) is 0 Å². The first-order valence-corrected chi connectivity index (χ1v) is 4.33. The van der Waals surface area contributed by atoms with Crippen molar-refractivity contribution < 1.29 is 26.7 Å². The largest absolute Gasteiger partial charge is 0.462 e. The highest BCUT2D eigenvalue weighted by atomic mass is 32.2. The number of hydrogen-bond donors (Lipinski definition) is 0. The summed E-state index contributed by atoms with van der Waals surface area (Å²) < 4.78 is 58.9. The van der Waals surface area contributed by atoms with Gasteiger partial charge in [-0.1, -0.05) is 18.7 Å². The summed E-state index contributed by atoms with van der Waals surface area (Å²) in [6, 6.07) is 0. The van der Waals surface area contributed by atoms with Crippen LogP contribution in [0.1, 0.15) is 13.3 Å².